The maximum absolute atomic E-state index is 11.7. The second-order valence-electron chi connectivity index (χ2n) is 12.2. The van der Waals surface area contributed by atoms with Crippen LogP contribution in [0.1, 0.15) is 85.5 Å². The summed E-state index contributed by atoms with van der Waals surface area (Å²) in [4.78, 5) is 11.1. The fourth-order valence-electron chi connectivity index (χ4n) is 9.57. The molecule has 4 fully saturated rings. The van der Waals surface area contributed by atoms with Crippen molar-refractivity contribution in [2.45, 2.75) is 104 Å². The standard InChI is InChI=1S/C26H44O5/c1-5-16-18-12-15(27)8-10-25(18,3)17-9-11-26(4)19(22(17)24(16)31)13-20(28)23(26)14(2)6-7-21(29)30/h14-20,22-24,27-28,31H,5-13H2,1-4H3,(H,29,30). The smallest absolute Gasteiger partial charge is 0.303 e. The lowest BCUT2D eigenvalue weighted by molar-refractivity contribution is -0.203. The number of carboxylic acid groups (broad SMARTS) is 1. The molecule has 0 saturated heterocycles. The summed E-state index contributed by atoms with van der Waals surface area (Å²) in [6, 6.07) is 0. The molecule has 5 heteroatoms. The van der Waals surface area contributed by atoms with E-state index in [-0.39, 0.29) is 59.0 Å². The SMILES string of the molecule is CCC1C(O)C2C(CCC3(C)C2CC(O)C3C(C)CCC(=O)O)C2(C)CCC(O)CC12. The van der Waals surface area contributed by atoms with Gasteiger partial charge in [-0.25, -0.2) is 0 Å². The number of hydrogen-bond donors (Lipinski definition) is 4. The van der Waals surface area contributed by atoms with Crippen LogP contribution in [0.5, 0.6) is 0 Å². The molecule has 178 valence electrons. The zero-order valence-electron chi connectivity index (χ0n) is 19.8. The zero-order valence-corrected chi connectivity index (χ0v) is 19.8. The van der Waals surface area contributed by atoms with Gasteiger partial charge in [-0.15, -0.1) is 0 Å². The first-order valence-electron chi connectivity index (χ1n) is 12.8. The van der Waals surface area contributed by atoms with E-state index in [9.17, 15) is 20.1 Å². The molecule has 12 atom stereocenters. The molecule has 0 spiro atoms. The Hall–Kier alpha value is -0.650. The summed E-state index contributed by atoms with van der Waals surface area (Å²) in [5.41, 5.74) is 0.109. The fourth-order valence-corrected chi connectivity index (χ4v) is 9.57. The summed E-state index contributed by atoms with van der Waals surface area (Å²) < 4.78 is 0. The van der Waals surface area contributed by atoms with Gasteiger partial charge in [-0.3, -0.25) is 4.79 Å². The van der Waals surface area contributed by atoms with E-state index < -0.39 is 12.1 Å². The Morgan fingerprint density at radius 3 is 2.32 bits per heavy atom. The first-order valence-corrected chi connectivity index (χ1v) is 12.8. The van der Waals surface area contributed by atoms with Gasteiger partial charge in [-0.2, -0.15) is 0 Å². The summed E-state index contributed by atoms with van der Waals surface area (Å²) in [5.74, 6) is 1.01. The van der Waals surface area contributed by atoms with Gasteiger partial charge in [0.2, 0.25) is 0 Å². The fraction of sp³-hybridized carbons (Fsp3) is 0.962. The van der Waals surface area contributed by atoms with Crippen LogP contribution in [0.4, 0.5) is 0 Å². The van der Waals surface area contributed by atoms with E-state index in [0.717, 1.165) is 44.9 Å². The summed E-state index contributed by atoms with van der Waals surface area (Å²) >= 11 is 0. The molecule has 4 aliphatic rings. The third-order valence-electron chi connectivity index (χ3n) is 10.9. The first-order chi connectivity index (χ1) is 14.5. The van der Waals surface area contributed by atoms with Crippen molar-refractivity contribution in [2.75, 3.05) is 0 Å². The van der Waals surface area contributed by atoms with Crippen LogP contribution in [-0.4, -0.2) is 44.7 Å². The molecule has 0 aromatic heterocycles. The molecule has 0 amide bonds. The molecule has 0 bridgehead atoms. The zero-order chi connectivity index (χ0) is 22.7. The summed E-state index contributed by atoms with van der Waals surface area (Å²) in [5, 5.41) is 42.5. The van der Waals surface area contributed by atoms with Gasteiger partial charge < -0.3 is 20.4 Å². The maximum atomic E-state index is 11.7. The number of aliphatic hydroxyl groups is 3. The minimum Gasteiger partial charge on any atom is -0.481 e. The highest BCUT2D eigenvalue weighted by atomic mass is 16.4. The lowest BCUT2D eigenvalue weighted by Crippen LogP contribution is -2.62. The lowest BCUT2D eigenvalue weighted by atomic mass is 9.41. The molecule has 4 N–H and O–H groups in total. The Labute approximate surface area is 187 Å². The van der Waals surface area contributed by atoms with Crippen molar-refractivity contribution < 1.29 is 25.2 Å². The van der Waals surface area contributed by atoms with Crippen molar-refractivity contribution in [3.8, 4) is 0 Å². The second-order valence-corrected chi connectivity index (χ2v) is 12.2. The molecule has 4 aliphatic carbocycles. The average Bonchev–Trinajstić information content (AvgIpc) is 2.98. The van der Waals surface area contributed by atoms with Crippen LogP contribution in [0.2, 0.25) is 0 Å². The van der Waals surface area contributed by atoms with Gasteiger partial charge in [0.15, 0.2) is 0 Å². The Balaban J connectivity index is 1.65. The van der Waals surface area contributed by atoms with Crippen molar-refractivity contribution in [2.24, 2.45) is 52.3 Å². The van der Waals surface area contributed by atoms with Crippen molar-refractivity contribution in [1.29, 1.82) is 0 Å². The van der Waals surface area contributed by atoms with Gasteiger partial charge in [-0.1, -0.05) is 34.1 Å². The number of aliphatic carboxylic acids is 1. The van der Waals surface area contributed by atoms with Gasteiger partial charge in [0.1, 0.15) is 0 Å². The van der Waals surface area contributed by atoms with E-state index in [2.05, 4.69) is 27.7 Å². The second kappa shape index (κ2) is 8.29. The molecule has 12 unspecified atom stereocenters. The summed E-state index contributed by atoms with van der Waals surface area (Å²) in [7, 11) is 0. The number of fused-ring (bicyclic) bond motifs is 5. The van der Waals surface area contributed by atoms with E-state index in [1.807, 2.05) is 0 Å². The summed E-state index contributed by atoms with van der Waals surface area (Å²) in [6.45, 7) is 9.04. The van der Waals surface area contributed by atoms with Crippen LogP contribution in [0, 0.1) is 52.3 Å². The quantitative estimate of drug-likeness (QED) is 0.520. The molecular weight excluding hydrogens is 392 g/mol. The molecular formula is C26H44O5. The highest BCUT2D eigenvalue weighted by Crippen LogP contribution is 2.69. The highest BCUT2D eigenvalue weighted by molar-refractivity contribution is 5.66. The molecule has 31 heavy (non-hydrogen) atoms. The minimum absolute atomic E-state index is 0.0465. The number of carboxylic acids is 1. The van der Waals surface area contributed by atoms with Gasteiger partial charge >= 0.3 is 5.97 Å². The van der Waals surface area contributed by atoms with Crippen molar-refractivity contribution in [3.05, 3.63) is 0 Å². The molecule has 4 saturated carbocycles. The largest absolute Gasteiger partial charge is 0.481 e. The van der Waals surface area contributed by atoms with E-state index >= 15 is 0 Å². The van der Waals surface area contributed by atoms with Crippen LogP contribution in [0.15, 0.2) is 0 Å². The van der Waals surface area contributed by atoms with Crippen molar-refractivity contribution in [1.82, 2.24) is 0 Å². The molecule has 0 radical (unpaired) electrons. The van der Waals surface area contributed by atoms with Crippen LogP contribution in [0.25, 0.3) is 0 Å². The Morgan fingerprint density at radius 2 is 1.68 bits per heavy atom. The minimum atomic E-state index is -0.767. The Kier molecular flexibility index (Phi) is 6.28. The molecule has 0 aromatic carbocycles. The average molecular weight is 437 g/mol. The van der Waals surface area contributed by atoms with E-state index in [1.54, 1.807) is 0 Å². The first kappa shape index (κ1) is 23.5. The molecule has 0 heterocycles. The normalized spacial score (nSPS) is 52.7. The molecule has 5 nitrogen and oxygen atoms in total. The topological polar surface area (TPSA) is 98.0 Å². The van der Waals surface area contributed by atoms with Crippen LogP contribution in [-0.2, 0) is 4.79 Å². The van der Waals surface area contributed by atoms with E-state index in [1.165, 1.54) is 0 Å². The Bertz CT molecular complexity index is 681. The monoisotopic (exact) mass is 436 g/mol. The predicted molar refractivity (Wildman–Crippen MR) is 119 cm³/mol. The lowest BCUT2D eigenvalue weighted by Gasteiger charge is -2.64. The molecule has 0 aliphatic heterocycles. The van der Waals surface area contributed by atoms with Crippen LogP contribution >= 0.6 is 0 Å². The van der Waals surface area contributed by atoms with E-state index in [0.29, 0.717) is 18.3 Å². The third-order valence-corrected chi connectivity index (χ3v) is 10.9. The van der Waals surface area contributed by atoms with E-state index in [4.69, 9.17) is 5.11 Å². The number of carbonyl (C=O) groups is 1. The van der Waals surface area contributed by atoms with Crippen molar-refractivity contribution >= 4 is 5.97 Å². The molecule has 0 aromatic rings. The maximum Gasteiger partial charge on any atom is 0.303 e. The number of hydrogen-bond acceptors (Lipinski definition) is 4. The Morgan fingerprint density at radius 1 is 1.00 bits per heavy atom. The van der Waals surface area contributed by atoms with Crippen LogP contribution < -0.4 is 0 Å². The van der Waals surface area contributed by atoms with Gasteiger partial charge in [0.25, 0.3) is 0 Å². The number of rotatable bonds is 5. The summed E-state index contributed by atoms with van der Waals surface area (Å²) in [6.07, 6.45) is 6.23. The van der Waals surface area contributed by atoms with Gasteiger partial charge in [0.05, 0.1) is 18.3 Å². The third kappa shape index (κ3) is 3.58. The van der Waals surface area contributed by atoms with Gasteiger partial charge in [0, 0.05) is 6.42 Å². The predicted octanol–water partition coefficient (Wildman–Crippen LogP) is 4.08. The molecule has 4 rings (SSSR count). The highest BCUT2D eigenvalue weighted by Gasteiger charge is 2.66. The number of aliphatic hydroxyl groups excluding tert-OH is 3. The van der Waals surface area contributed by atoms with Crippen molar-refractivity contribution in [3.63, 3.8) is 0 Å². The van der Waals surface area contributed by atoms with Gasteiger partial charge in [-0.05, 0) is 97.2 Å². The van der Waals surface area contributed by atoms with Crippen LogP contribution in [0.3, 0.4) is 0 Å².